The van der Waals surface area contributed by atoms with Gasteiger partial charge in [-0.25, -0.2) is 4.39 Å². The minimum Gasteiger partial charge on any atom is -0.369 e. The van der Waals surface area contributed by atoms with Gasteiger partial charge in [0.1, 0.15) is 11.6 Å². The lowest BCUT2D eigenvalue weighted by atomic mass is 10.0. The minimum atomic E-state index is -1.48. The Kier molecular flexibility index (Phi) is 4.63. The third kappa shape index (κ3) is 3.74. The molecule has 1 atom stereocenters. The Bertz CT molecular complexity index is 644. The molecule has 0 spiro atoms. The molecular formula is C15H14FNO2S. The highest BCUT2D eigenvalue weighted by Crippen LogP contribution is 2.22. The normalized spacial score (nSPS) is 12.1. The first kappa shape index (κ1) is 14.4. The van der Waals surface area contributed by atoms with Crippen LogP contribution in [0.3, 0.4) is 0 Å². The van der Waals surface area contributed by atoms with E-state index < -0.39 is 22.5 Å². The standard InChI is InChI=1S/C15H14FNO2S/c16-14-8-12(11-4-2-1-3-5-11)6-7-13(14)9-20(19)10-15(17)18/h1-8H,9-10H2,(H2,17,18)/t20-/m0/s1. The first-order valence-corrected chi connectivity index (χ1v) is 7.52. The van der Waals surface area contributed by atoms with Gasteiger partial charge in [0.25, 0.3) is 0 Å². The maximum absolute atomic E-state index is 14.0. The van der Waals surface area contributed by atoms with Gasteiger partial charge < -0.3 is 5.73 Å². The fourth-order valence-electron chi connectivity index (χ4n) is 1.86. The molecule has 3 nitrogen and oxygen atoms in total. The van der Waals surface area contributed by atoms with Crippen LogP contribution in [0.1, 0.15) is 5.56 Å². The molecule has 104 valence electrons. The lowest BCUT2D eigenvalue weighted by Crippen LogP contribution is -2.20. The number of rotatable bonds is 5. The van der Waals surface area contributed by atoms with E-state index in [1.807, 2.05) is 30.3 Å². The number of hydrogen-bond acceptors (Lipinski definition) is 2. The molecule has 0 aliphatic carbocycles. The second-order valence-electron chi connectivity index (χ2n) is 4.37. The molecule has 5 heteroatoms. The Morgan fingerprint density at radius 2 is 1.80 bits per heavy atom. The van der Waals surface area contributed by atoms with E-state index in [0.29, 0.717) is 5.56 Å². The lowest BCUT2D eigenvalue weighted by Gasteiger charge is -2.06. The number of amides is 1. The fraction of sp³-hybridized carbons (Fsp3) is 0.133. The van der Waals surface area contributed by atoms with E-state index >= 15 is 0 Å². The fourth-order valence-corrected chi connectivity index (χ4v) is 2.86. The van der Waals surface area contributed by atoms with Gasteiger partial charge in [-0.05, 0) is 17.2 Å². The highest BCUT2D eigenvalue weighted by molar-refractivity contribution is 7.84. The van der Waals surface area contributed by atoms with Gasteiger partial charge in [0, 0.05) is 16.4 Å². The number of carbonyl (C=O) groups is 1. The summed E-state index contributed by atoms with van der Waals surface area (Å²) in [6, 6.07) is 14.2. The molecule has 0 bridgehead atoms. The Morgan fingerprint density at radius 1 is 1.10 bits per heavy atom. The molecule has 2 aromatic carbocycles. The van der Waals surface area contributed by atoms with Crippen molar-refractivity contribution in [2.75, 3.05) is 5.75 Å². The van der Waals surface area contributed by atoms with Crippen molar-refractivity contribution in [3.63, 3.8) is 0 Å². The highest BCUT2D eigenvalue weighted by Gasteiger charge is 2.10. The molecular weight excluding hydrogens is 277 g/mol. The smallest absolute Gasteiger partial charge is 0.230 e. The predicted octanol–water partition coefficient (Wildman–Crippen LogP) is 2.23. The van der Waals surface area contributed by atoms with Crippen molar-refractivity contribution in [1.29, 1.82) is 0 Å². The van der Waals surface area contributed by atoms with Crippen molar-refractivity contribution in [1.82, 2.24) is 0 Å². The van der Waals surface area contributed by atoms with Crippen molar-refractivity contribution < 1.29 is 13.4 Å². The Hall–Kier alpha value is -2.01. The van der Waals surface area contributed by atoms with Gasteiger partial charge in [-0.2, -0.15) is 0 Å². The van der Waals surface area contributed by atoms with Crippen LogP contribution in [0.25, 0.3) is 11.1 Å². The molecule has 0 aliphatic rings. The van der Waals surface area contributed by atoms with E-state index in [4.69, 9.17) is 5.73 Å². The van der Waals surface area contributed by atoms with Crippen LogP contribution in [0.2, 0.25) is 0 Å². The van der Waals surface area contributed by atoms with Crippen LogP contribution in [0.15, 0.2) is 48.5 Å². The summed E-state index contributed by atoms with van der Waals surface area (Å²) in [7, 11) is -1.48. The summed E-state index contributed by atoms with van der Waals surface area (Å²) < 4.78 is 25.6. The van der Waals surface area contributed by atoms with Crippen molar-refractivity contribution in [2.24, 2.45) is 5.73 Å². The summed E-state index contributed by atoms with van der Waals surface area (Å²) in [6.07, 6.45) is 0. The Morgan fingerprint density at radius 3 is 2.40 bits per heavy atom. The maximum atomic E-state index is 14.0. The van der Waals surface area contributed by atoms with Crippen LogP contribution < -0.4 is 5.73 Å². The average Bonchev–Trinajstić information content (AvgIpc) is 2.41. The molecule has 0 aliphatic heterocycles. The summed E-state index contributed by atoms with van der Waals surface area (Å²) >= 11 is 0. The molecule has 0 heterocycles. The third-order valence-corrected chi connectivity index (χ3v) is 4.02. The molecule has 2 N–H and O–H groups in total. The number of primary amides is 1. The molecule has 0 unspecified atom stereocenters. The quantitative estimate of drug-likeness (QED) is 0.918. The molecule has 2 rings (SSSR count). The van der Waals surface area contributed by atoms with Gasteiger partial charge >= 0.3 is 0 Å². The predicted molar refractivity (Wildman–Crippen MR) is 77.7 cm³/mol. The van der Waals surface area contributed by atoms with Crippen LogP contribution in [0.4, 0.5) is 4.39 Å². The molecule has 0 saturated carbocycles. The molecule has 0 saturated heterocycles. The Labute approximate surface area is 119 Å². The number of halogens is 1. The topological polar surface area (TPSA) is 60.2 Å². The van der Waals surface area contributed by atoms with Crippen LogP contribution in [0, 0.1) is 5.82 Å². The number of hydrogen-bond donors (Lipinski definition) is 1. The van der Waals surface area contributed by atoms with Crippen molar-refractivity contribution in [2.45, 2.75) is 5.75 Å². The van der Waals surface area contributed by atoms with Crippen LogP contribution >= 0.6 is 0 Å². The third-order valence-electron chi connectivity index (χ3n) is 2.78. The van der Waals surface area contributed by atoms with Gasteiger partial charge in [0.15, 0.2) is 0 Å². The second-order valence-corrected chi connectivity index (χ2v) is 5.82. The monoisotopic (exact) mass is 291 g/mol. The average molecular weight is 291 g/mol. The van der Waals surface area contributed by atoms with Crippen LogP contribution in [-0.2, 0) is 21.3 Å². The minimum absolute atomic E-state index is 0.0101. The van der Waals surface area contributed by atoms with Gasteiger partial charge in [0.05, 0.1) is 5.75 Å². The summed E-state index contributed by atoms with van der Waals surface area (Å²) in [5.41, 5.74) is 6.95. The maximum Gasteiger partial charge on any atom is 0.230 e. The van der Waals surface area contributed by atoms with E-state index in [-0.39, 0.29) is 11.5 Å². The zero-order valence-corrected chi connectivity index (χ0v) is 11.5. The van der Waals surface area contributed by atoms with Gasteiger partial charge in [-0.3, -0.25) is 9.00 Å². The molecule has 1 amide bonds. The molecule has 20 heavy (non-hydrogen) atoms. The molecule has 2 aromatic rings. The van der Waals surface area contributed by atoms with E-state index in [9.17, 15) is 13.4 Å². The van der Waals surface area contributed by atoms with Crippen molar-refractivity contribution in [3.8, 4) is 11.1 Å². The summed E-state index contributed by atoms with van der Waals surface area (Å²) in [5.74, 6) is -1.34. The molecule has 0 aromatic heterocycles. The molecule has 0 fully saturated rings. The van der Waals surface area contributed by atoms with Crippen LogP contribution in [0.5, 0.6) is 0 Å². The van der Waals surface area contributed by atoms with E-state index in [2.05, 4.69) is 0 Å². The highest BCUT2D eigenvalue weighted by atomic mass is 32.2. The zero-order valence-electron chi connectivity index (χ0n) is 10.7. The van der Waals surface area contributed by atoms with Crippen molar-refractivity contribution in [3.05, 3.63) is 59.9 Å². The first-order chi connectivity index (χ1) is 9.56. The molecule has 0 radical (unpaired) electrons. The summed E-state index contributed by atoms with van der Waals surface area (Å²) in [6.45, 7) is 0. The Balaban J connectivity index is 2.18. The number of nitrogens with two attached hydrogens (primary N) is 1. The summed E-state index contributed by atoms with van der Waals surface area (Å²) in [5, 5.41) is 0. The number of carbonyl (C=O) groups excluding carboxylic acids is 1. The van der Waals surface area contributed by atoms with Gasteiger partial charge in [0.2, 0.25) is 5.91 Å². The van der Waals surface area contributed by atoms with Crippen LogP contribution in [-0.4, -0.2) is 15.9 Å². The largest absolute Gasteiger partial charge is 0.369 e. The van der Waals surface area contributed by atoms with E-state index in [1.54, 1.807) is 12.1 Å². The number of benzene rings is 2. The lowest BCUT2D eigenvalue weighted by molar-refractivity contribution is -0.115. The summed E-state index contributed by atoms with van der Waals surface area (Å²) in [4.78, 5) is 10.7. The van der Waals surface area contributed by atoms with E-state index in [1.165, 1.54) is 6.07 Å². The zero-order chi connectivity index (χ0) is 14.5. The first-order valence-electron chi connectivity index (χ1n) is 6.03. The van der Waals surface area contributed by atoms with Gasteiger partial charge in [-0.15, -0.1) is 0 Å². The second kappa shape index (κ2) is 6.43. The van der Waals surface area contributed by atoms with Gasteiger partial charge in [-0.1, -0.05) is 42.5 Å². The SMILES string of the molecule is NC(=O)C[S@@](=O)Cc1ccc(-c2ccccc2)cc1F. The van der Waals surface area contributed by atoms with E-state index in [0.717, 1.165) is 11.1 Å². The van der Waals surface area contributed by atoms with Crippen molar-refractivity contribution >= 4 is 16.7 Å².